The number of anilines is 1. The van der Waals surface area contributed by atoms with Crippen molar-refractivity contribution in [2.45, 2.75) is 13.5 Å². The van der Waals surface area contributed by atoms with Crippen molar-refractivity contribution in [1.82, 2.24) is 4.98 Å². The summed E-state index contributed by atoms with van der Waals surface area (Å²) in [4.78, 5) is 4.46. The molecule has 0 bridgehead atoms. The van der Waals surface area contributed by atoms with Crippen LogP contribution in [-0.4, -0.2) is 4.98 Å². The summed E-state index contributed by atoms with van der Waals surface area (Å²) in [5.41, 5.74) is 3.22. The highest BCUT2D eigenvalue weighted by Gasteiger charge is 2.04. The zero-order valence-corrected chi connectivity index (χ0v) is 13.9. The fourth-order valence-electron chi connectivity index (χ4n) is 2.01. The molecule has 0 saturated carbocycles. The quantitative estimate of drug-likeness (QED) is 0.648. The topological polar surface area (TPSA) is 24.9 Å². The Kier molecular flexibility index (Phi) is 3.96. The van der Waals surface area contributed by atoms with Crippen LogP contribution in [0.3, 0.4) is 0 Å². The van der Waals surface area contributed by atoms with E-state index in [1.807, 2.05) is 37.3 Å². The second-order valence-electron chi connectivity index (χ2n) is 4.50. The van der Waals surface area contributed by atoms with Crippen LogP contribution in [0.15, 0.2) is 40.9 Å². The van der Waals surface area contributed by atoms with Crippen molar-refractivity contribution < 1.29 is 0 Å². The lowest BCUT2D eigenvalue weighted by Crippen LogP contribution is -1.99. The van der Waals surface area contributed by atoms with Gasteiger partial charge in [0.15, 0.2) is 0 Å². The summed E-state index contributed by atoms with van der Waals surface area (Å²) in [6, 6.07) is 12.2. The van der Waals surface area contributed by atoms with E-state index in [1.54, 1.807) is 11.3 Å². The van der Waals surface area contributed by atoms with Crippen LogP contribution in [0.1, 0.15) is 10.6 Å². The van der Waals surface area contributed by atoms with Crippen LogP contribution in [0.25, 0.3) is 10.2 Å². The highest BCUT2D eigenvalue weighted by molar-refractivity contribution is 9.10. The van der Waals surface area contributed by atoms with E-state index < -0.39 is 0 Å². The summed E-state index contributed by atoms with van der Waals surface area (Å²) in [5.74, 6) is 0. The lowest BCUT2D eigenvalue weighted by molar-refractivity contribution is 1.15. The van der Waals surface area contributed by atoms with Crippen LogP contribution >= 0.6 is 38.9 Å². The molecular weight excluding hydrogens is 356 g/mol. The van der Waals surface area contributed by atoms with E-state index >= 15 is 0 Å². The number of rotatable bonds is 3. The molecule has 1 heterocycles. The molecule has 102 valence electrons. The summed E-state index contributed by atoms with van der Waals surface area (Å²) in [5, 5.41) is 5.26. The normalized spacial score (nSPS) is 10.9. The third kappa shape index (κ3) is 2.97. The molecule has 0 radical (unpaired) electrons. The van der Waals surface area contributed by atoms with E-state index in [1.165, 1.54) is 4.70 Å². The average molecular weight is 368 g/mol. The van der Waals surface area contributed by atoms with Crippen LogP contribution < -0.4 is 5.32 Å². The molecule has 3 rings (SSSR count). The van der Waals surface area contributed by atoms with Gasteiger partial charge in [-0.2, -0.15) is 0 Å². The minimum atomic E-state index is 0.704. The molecule has 1 N–H and O–H groups in total. The average Bonchev–Trinajstić information content (AvgIpc) is 2.77. The molecule has 20 heavy (non-hydrogen) atoms. The second kappa shape index (κ2) is 5.72. The Morgan fingerprint density at radius 1 is 1.25 bits per heavy atom. The van der Waals surface area contributed by atoms with Gasteiger partial charge in [-0.15, -0.1) is 11.3 Å². The first-order valence-electron chi connectivity index (χ1n) is 6.17. The van der Waals surface area contributed by atoms with Gasteiger partial charge in [-0.3, -0.25) is 0 Å². The van der Waals surface area contributed by atoms with Crippen molar-refractivity contribution in [2.24, 2.45) is 0 Å². The van der Waals surface area contributed by atoms with Gasteiger partial charge in [0.1, 0.15) is 0 Å². The molecule has 0 spiro atoms. The van der Waals surface area contributed by atoms with Crippen molar-refractivity contribution in [3.05, 3.63) is 56.5 Å². The van der Waals surface area contributed by atoms with E-state index in [4.69, 9.17) is 11.6 Å². The summed E-state index contributed by atoms with van der Waals surface area (Å²) in [7, 11) is 0. The van der Waals surface area contributed by atoms with Crippen molar-refractivity contribution in [2.75, 3.05) is 5.32 Å². The predicted octanol–water partition coefficient (Wildman–Crippen LogP) is 5.63. The highest BCUT2D eigenvalue weighted by Crippen LogP contribution is 2.26. The minimum Gasteiger partial charge on any atom is -0.381 e. The van der Waals surface area contributed by atoms with Gasteiger partial charge in [-0.25, -0.2) is 4.98 Å². The van der Waals surface area contributed by atoms with Gasteiger partial charge in [0.2, 0.25) is 0 Å². The predicted molar refractivity (Wildman–Crippen MR) is 90.8 cm³/mol. The monoisotopic (exact) mass is 366 g/mol. The number of aryl methyl sites for hydroxylation is 1. The molecule has 0 atom stereocenters. The number of halogens is 2. The molecule has 0 aliphatic carbocycles. The highest BCUT2D eigenvalue weighted by atomic mass is 79.9. The molecule has 0 fully saturated rings. The van der Waals surface area contributed by atoms with E-state index in [-0.39, 0.29) is 0 Å². The van der Waals surface area contributed by atoms with Gasteiger partial charge in [0, 0.05) is 21.7 Å². The van der Waals surface area contributed by atoms with Crippen LogP contribution in [0.2, 0.25) is 5.02 Å². The number of nitrogens with one attached hydrogen (secondary N) is 1. The standard InChI is InChI=1S/C15H12BrClN2S/c1-9-19-14-5-4-12(7-15(14)20-9)18-8-10-2-3-11(16)6-13(10)17/h2-7,18H,8H2,1H3. The number of thiazole rings is 1. The van der Waals surface area contributed by atoms with E-state index in [0.717, 1.165) is 31.3 Å². The van der Waals surface area contributed by atoms with Crippen LogP contribution in [-0.2, 0) is 6.54 Å². The molecule has 3 aromatic rings. The first kappa shape index (κ1) is 13.9. The van der Waals surface area contributed by atoms with Crippen LogP contribution in [0.5, 0.6) is 0 Å². The second-order valence-corrected chi connectivity index (χ2v) is 7.06. The molecule has 5 heteroatoms. The fraction of sp³-hybridized carbons (Fsp3) is 0.133. The third-order valence-electron chi connectivity index (χ3n) is 2.99. The zero-order chi connectivity index (χ0) is 14.1. The molecule has 0 aliphatic rings. The van der Waals surface area contributed by atoms with Gasteiger partial charge in [-0.05, 0) is 42.8 Å². The summed E-state index contributed by atoms with van der Waals surface area (Å²) in [6.45, 7) is 2.73. The largest absolute Gasteiger partial charge is 0.381 e. The van der Waals surface area contributed by atoms with E-state index in [0.29, 0.717) is 6.54 Å². The van der Waals surface area contributed by atoms with Crippen molar-refractivity contribution >= 4 is 54.8 Å². The first-order chi connectivity index (χ1) is 9.61. The Morgan fingerprint density at radius 2 is 2.10 bits per heavy atom. The molecule has 1 aromatic heterocycles. The number of hydrogen-bond acceptors (Lipinski definition) is 3. The number of nitrogens with zero attached hydrogens (tertiary/aromatic N) is 1. The smallest absolute Gasteiger partial charge is 0.0907 e. The number of fused-ring (bicyclic) bond motifs is 1. The minimum absolute atomic E-state index is 0.704. The summed E-state index contributed by atoms with van der Waals surface area (Å²) in [6.07, 6.45) is 0. The number of benzene rings is 2. The van der Waals surface area contributed by atoms with Crippen LogP contribution in [0.4, 0.5) is 5.69 Å². The van der Waals surface area contributed by atoms with Crippen molar-refractivity contribution in [1.29, 1.82) is 0 Å². The molecule has 0 unspecified atom stereocenters. The van der Waals surface area contributed by atoms with Gasteiger partial charge >= 0.3 is 0 Å². The molecular formula is C15H12BrClN2S. The zero-order valence-electron chi connectivity index (χ0n) is 10.8. The Balaban J connectivity index is 1.79. The van der Waals surface area contributed by atoms with Crippen LogP contribution in [0, 0.1) is 6.92 Å². The van der Waals surface area contributed by atoms with Gasteiger partial charge < -0.3 is 5.32 Å². The Bertz CT molecular complexity index is 770. The van der Waals surface area contributed by atoms with Gasteiger partial charge in [0.05, 0.1) is 15.2 Å². The maximum Gasteiger partial charge on any atom is 0.0907 e. The third-order valence-corrected chi connectivity index (χ3v) is 4.77. The van der Waals surface area contributed by atoms with Gasteiger partial charge in [-0.1, -0.05) is 33.6 Å². The lowest BCUT2D eigenvalue weighted by Gasteiger charge is -2.08. The molecule has 0 aliphatic heterocycles. The maximum atomic E-state index is 6.22. The molecule has 2 nitrogen and oxygen atoms in total. The Morgan fingerprint density at radius 3 is 2.90 bits per heavy atom. The van der Waals surface area contributed by atoms with Gasteiger partial charge in [0.25, 0.3) is 0 Å². The molecule has 0 saturated heterocycles. The number of aromatic nitrogens is 1. The first-order valence-corrected chi connectivity index (χ1v) is 8.15. The fourth-order valence-corrected chi connectivity index (χ4v) is 3.62. The Labute approximate surface area is 134 Å². The van der Waals surface area contributed by atoms with Crippen molar-refractivity contribution in [3.8, 4) is 0 Å². The lowest BCUT2D eigenvalue weighted by atomic mass is 10.2. The van der Waals surface area contributed by atoms with E-state index in [9.17, 15) is 0 Å². The molecule has 2 aromatic carbocycles. The number of hydrogen-bond donors (Lipinski definition) is 1. The van der Waals surface area contributed by atoms with Crippen molar-refractivity contribution in [3.63, 3.8) is 0 Å². The summed E-state index contributed by atoms with van der Waals surface area (Å²) < 4.78 is 2.20. The maximum absolute atomic E-state index is 6.22. The SMILES string of the molecule is Cc1nc2ccc(NCc3ccc(Br)cc3Cl)cc2s1. The van der Waals surface area contributed by atoms with E-state index in [2.05, 4.69) is 32.3 Å². The Hall–Kier alpha value is -1.10. The summed E-state index contributed by atoms with van der Waals surface area (Å²) >= 11 is 11.3. The molecule has 0 amide bonds.